The first-order valence-electron chi connectivity index (χ1n) is 5.55. The fourth-order valence-corrected chi connectivity index (χ4v) is 3.00. The number of halogens is 2. The molecular formula is C11H14F2N2O2S. The van der Waals surface area contributed by atoms with Gasteiger partial charge in [0.2, 0.25) is 0 Å². The average Bonchev–Trinajstić information content (AvgIpc) is 2.28. The van der Waals surface area contributed by atoms with Gasteiger partial charge in [-0.1, -0.05) is 18.2 Å². The van der Waals surface area contributed by atoms with Crippen molar-refractivity contribution in [1.82, 2.24) is 4.31 Å². The Morgan fingerprint density at radius 3 is 2.61 bits per heavy atom. The van der Waals surface area contributed by atoms with Crippen LogP contribution in [-0.2, 0) is 15.9 Å². The Kier molecular flexibility index (Phi) is 3.39. The molecule has 1 aromatic carbocycles. The molecule has 2 rings (SSSR count). The molecule has 1 aliphatic heterocycles. The summed E-state index contributed by atoms with van der Waals surface area (Å²) >= 11 is 0. The van der Waals surface area contributed by atoms with E-state index in [4.69, 9.17) is 5.14 Å². The van der Waals surface area contributed by atoms with E-state index in [0.29, 0.717) is 6.42 Å². The van der Waals surface area contributed by atoms with Crippen LogP contribution in [0.15, 0.2) is 24.3 Å². The monoisotopic (exact) mass is 276 g/mol. The molecule has 18 heavy (non-hydrogen) atoms. The molecule has 1 unspecified atom stereocenters. The molecule has 7 heteroatoms. The van der Waals surface area contributed by atoms with Crippen molar-refractivity contribution in [2.24, 2.45) is 5.14 Å². The summed E-state index contributed by atoms with van der Waals surface area (Å²) in [6.07, 6.45) is 0.390. The van der Waals surface area contributed by atoms with Gasteiger partial charge in [0.25, 0.3) is 10.2 Å². The summed E-state index contributed by atoms with van der Waals surface area (Å²) in [4.78, 5) is 0. The first-order chi connectivity index (χ1) is 8.33. The van der Waals surface area contributed by atoms with Crippen molar-refractivity contribution in [3.05, 3.63) is 35.6 Å². The summed E-state index contributed by atoms with van der Waals surface area (Å²) in [7, 11) is -3.95. The molecule has 1 saturated heterocycles. The van der Waals surface area contributed by atoms with Crippen LogP contribution in [0.1, 0.15) is 18.4 Å². The highest BCUT2D eigenvalue weighted by Gasteiger charge is 2.41. The second-order valence-corrected chi connectivity index (χ2v) is 5.97. The molecule has 0 aliphatic carbocycles. The molecule has 1 atom stereocenters. The third-order valence-electron chi connectivity index (χ3n) is 3.12. The molecule has 1 fully saturated rings. The highest BCUT2D eigenvalue weighted by atomic mass is 32.2. The molecule has 0 amide bonds. The van der Waals surface area contributed by atoms with Gasteiger partial charge in [-0.05, 0) is 18.9 Å². The molecule has 2 N–H and O–H groups in total. The Morgan fingerprint density at radius 2 is 2.00 bits per heavy atom. The minimum Gasteiger partial charge on any atom is -0.237 e. The van der Waals surface area contributed by atoms with Crippen LogP contribution in [0, 0.1) is 5.82 Å². The number of piperidine rings is 1. The Bertz CT molecular complexity index is 550. The summed E-state index contributed by atoms with van der Waals surface area (Å²) in [5.74, 6) is -0.670. The molecule has 0 bridgehead atoms. The first kappa shape index (κ1) is 13.4. The third kappa shape index (κ3) is 2.52. The van der Waals surface area contributed by atoms with Crippen molar-refractivity contribution in [2.45, 2.75) is 18.5 Å². The van der Waals surface area contributed by atoms with Gasteiger partial charge in [0.05, 0.1) is 6.54 Å². The summed E-state index contributed by atoms with van der Waals surface area (Å²) < 4.78 is 51.7. The van der Waals surface area contributed by atoms with Crippen LogP contribution in [-0.4, -0.2) is 25.8 Å². The molecule has 4 nitrogen and oxygen atoms in total. The lowest BCUT2D eigenvalue weighted by molar-refractivity contribution is 0.0777. The van der Waals surface area contributed by atoms with Crippen molar-refractivity contribution in [2.75, 3.05) is 13.1 Å². The van der Waals surface area contributed by atoms with Crippen LogP contribution in [0.2, 0.25) is 0 Å². The van der Waals surface area contributed by atoms with Gasteiger partial charge < -0.3 is 0 Å². The van der Waals surface area contributed by atoms with Crippen LogP contribution in [0.25, 0.3) is 0 Å². The zero-order chi connectivity index (χ0) is 13.4. The number of hydrogen-bond donors (Lipinski definition) is 1. The van der Waals surface area contributed by atoms with E-state index in [2.05, 4.69) is 0 Å². The van der Waals surface area contributed by atoms with Gasteiger partial charge >= 0.3 is 0 Å². The fraction of sp³-hybridized carbons (Fsp3) is 0.455. The predicted molar refractivity (Wildman–Crippen MR) is 63.1 cm³/mol. The largest absolute Gasteiger partial charge is 0.277 e. The molecule has 0 radical (unpaired) electrons. The van der Waals surface area contributed by atoms with Gasteiger partial charge in [0.15, 0.2) is 5.67 Å². The van der Waals surface area contributed by atoms with Crippen LogP contribution >= 0.6 is 0 Å². The van der Waals surface area contributed by atoms with Gasteiger partial charge in [-0.15, -0.1) is 0 Å². The topological polar surface area (TPSA) is 63.4 Å². The van der Waals surface area contributed by atoms with Crippen molar-refractivity contribution in [3.63, 3.8) is 0 Å². The first-order valence-corrected chi connectivity index (χ1v) is 7.05. The second kappa shape index (κ2) is 4.56. The molecule has 0 spiro atoms. The maximum atomic E-state index is 14.7. The van der Waals surface area contributed by atoms with E-state index in [9.17, 15) is 17.2 Å². The zero-order valence-electron chi connectivity index (χ0n) is 9.64. The Morgan fingerprint density at radius 1 is 1.33 bits per heavy atom. The van der Waals surface area contributed by atoms with Gasteiger partial charge in [0, 0.05) is 12.1 Å². The van der Waals surface area contributed by atoms with E-state index in [0.717, 1.165) is 10.4 Å². The maximum Gasteiger partial charge on any atom is 0.277 e. The normalized spacial score (nSPS) is 26.2. The third-order valence-corrected chi connectivity index (χ3v) is 4.16. The minimum absolute atomic E-state index is 0.0833. The molecule has 100 valence electrons. The van der Waals surface area contributed by atoms with Gasteiger partial charge in [0.1, 0.15) is 5.82 Å². The smallest absolute Gasteiger partial charge is 0.237 e. The quantitative estimate of drug-likeness (QED) is 0.884. The van der Waals surface area contributed by atoms with E-state index in [1.165, 1.54) is 18.2 Å². The van der Waals surface area contributed by atoms with E-state index >= 15 is 0 Å². The van der Waals surface area contributed by atoms with E-state index < -0.39 is 28.2 Å². The summed E-state index contributed by atoms with van der Waals surface area (Å²) in [6.45, 7) is -0.272. The van der Waals surface area contributed by atoms with E-state index in [1.54, 1.807) is 0 Å². The zero-order valence-corrected chi connectivity index (χ0v) is 10.5. The Hall–Kier alpha value is -1.05. The predicted octanol–water partition coefficient (Wildman–Crippen LogP) is 1.29. The molecule has 1 aliphatic rings. The van der Waals surface area contributed by atoms with Crippen LogP contribution < -0.4 is 5.14 Å². The van der Waals surface area contributed by atoms with Crippen LogP contribution in [0.4, 0.5) is 8.78 Å². The highest BCUT2D eigenvalue weighted by Crippen LogP contribution is 2.37. The summed E-state index contributed by atoms with van der Waals surface area (Å²) in [5, 5.41) is 4.99. The SMILES string of the molecule is NS(=O)(=O)N1CCCC(F)(c2ccccc2F)C1. The molecular weight excluding hydrogens is 262 g/mol. The number of nitrogens with two attached hydrogens (primary N) is 1. The molecule has 0 saturated carbocycles. The van der Waals surface area contributed by atoms with E-state index in [-0.39, 0.29) is 18.5 Å². The average molecular weight is 276 g/mol. The standard InChI is InChI=1S/C11H14F2N2O2S/c12-10-5-2-1-4-9(10)11(13)6-3-7-15(8-11)18(14,16)17/h1-2,4-5H,3,6-8H2,(H2,14,16,17). The Balaban J connectivity index is 2.35. The number of hydrogen-bond acceptors (Lipinski definition) is 2. The summed E-state index contributed by atoms with van der Waals surface area (Å²) in [6, 6.07) is 5.48. The van der Waals surface area contributed by atoms with E-state index in [1.807, 2.05) is 0 Å². The van der Waals surface area contributed by atoms with Crippen molar-refractivity contribution in [1.29, 1.82) is 0 Å². The Labute approximate surface area is 105 Å². The van der Waals surface area contributed by atoms with Crippen LogP contribution in [0.3, 0.4) is 0 Å². The summed E-state index contributed by atoms with van der Waals surface area (Å²) in [5.41, 5.74) is -2.13. The van der Waals surface area contributed by atoms with Crippen molar-refractivity contribution >= 4 is 10.2 Å². The highest BCUT2D eigenvalue weighted by molar-refractivity contribution is 7.86. The lowest BCUT2D eigenvalue weighted by Crippen LogP contribution is -2.49. The van der Waals surface area contributed by atoms with Crippen molar-refractivity contribution in [3.8, 4) is 0 Å². The van der Waals surface area contributed by atoms with Gasteiger partial charge in [-0.3, -0.25) is 0 Å². The number of alkyl halides is 1. The molecule has 1 aromatic rings. The lowest BCUT2D eigenvalue weighted by atomic mass is 9.88. The minimum atomic E-state index is -3.95. The van der Waals surface area contributed by atoms with Gasteiger partial charge in [-0.25, -0.2) is 13.9 Å². The number of nitrogens with zero attached hydrogens (tertiary/aromatic N) is 1. The lowest BCUT2D eigenvalue weighted by Gasteiger charge is -2.36. The maximum absolute atomic E-state index is 14.7. The molecule has 0 aromatic heterocycles. The van der Waals surface area contributed by atoms with Crippen LogP contribution in [0.5, 0.6) is 0 Å². The van der Waals surface area contributed by atoms with Gasteiger partial charge in [-0.2, -0.15) is 12.7 Å². The number of rotatable bonds is 2. The number of benzene rings is 1. The van der Waals surface area contributed by atoms with Crippen molar-refractivity contribution < 1.29 is 17.2 Å². The second-order valence-electron chi connectivity index (χ2n) is 4.43. The molecule has 1 heterocycles. The fourth-order valence-electron chi connectivity index (χ4n) is 2.23.